The topological polar surface area (TPSA) is 72.6 Å². The number of nitrogens with zero attached hydrogens (tertiary/aromatic N) is 1. The summed E-state index contributed by atoms with van der Waals surface area (Å²) < 4.78 is 5.56. The molecule has 0 spiro atoms. The molecule has 1 aromatic rings. The van der Waals surface area contributed by atoms with Crippen LogP contribution in [0.3, 0.4) is 0 Å². The second-order valence-electron chi connectivity index (χ2n) is 6.04. The summed E-state index contributed by atoms with van der Waals surface area (Å²) in [5.41, 5.74) is 6.30. The minimum absolute atomic E-state index is 0.0227. The number of ether oxygens (including phenoxy) is 1. The number of carbonyl (C=O) groups excluding carboxylic acids is 2. The van der Waals surface area contributed by atoms with E-state index in [0.29, 0.717) is 30.5 Å². The van der Waals surface area contributed by atoms with Crippen molar-refractivity contribution in [3.63, 3.8) is 0 Å². The van der Waals surface area contributed by atoms with Crippen molar-refractivity contribution in [2.24, 2.45) is 17.8 Å². The molecule has 1 saturated heterocycles. The Morgan fingerprint density at radius 2 is 1.90 bits per heavy atom. The maximum absolute atomic E-state index is 12.3. The first-order valence-electron chi connectivity index (χ1n) is 7.40. The molecule has 5 heteroatoms. The average Bonchev–Trinajstić information content (AvgIpc) is 2.92. The molecule has 0 bridgehead atoms. The number of hydrogen-bond donors (Lipinski definition) is 1. The number of hydrogen-bond acceptors (Lipinski definition) is 4. The molecule has 0 aromatic heterocycles. The minimum Gasteiger partial charge on any atom is -0.492 e. The third kappa shape index (κ3) is 2.60. The van der Waals surface area contributed by atoms with Gasteiger partial charge < -0.3 is 10.5 Å². The van der Waals surface area contributed by atoms with Crippen molar-refractivity contribution in [3.05, 3.63) is 24.3 Å². The predicted octanol–water partition coefficient (Wildman–Crippen LogP) is 1.68. The Hall–Kier alpha value is -2.04. The van der Waals surface area contributed by atoms with Crippen molar-refractivity contribution in [2.45, 2.75) is 19.8 Å². The molecule has 21 heavy (non-hydrogen) atoms. The summed E-state index contributed by atoms with van der Waals surface area (Å²) in [6.07, 6.45) is 1.67. The number of nitrogens with two attached hydrogens (primary N) is 1. The molecule has 112 valence electrons. The first-order valence-corrected chi connectivity index (χ1v) is 7.40. The second kappa shape index (κ2) is 5.39. The normalized spacial score (nSPS) is 28.0. The van der Waals surface area contributed by atoms with E-state index < -0.39 is 0 Å². The second-order valence-corrected chi connectivity index (χ2v) is 6.04. The number of likely N-dealkylation sites (tertiary alicyclic amines) is 1. The van der Waals surface area contributed by atoms with Crippen molar-refractivity contribution in [3.8, 4) is 5.75 Å². The third-order valence-corrected chi connectivity index (χ3v) is 4.41. The van der Waals surface area contributed by atoms with Crippen LogP contribution in [0.4, 0.5) is 5.69 Å². The van der Waals surface area contributed by atoms with E-state index in [2.05, 4.69) is 6.92 Å². The average molecular weight is 288 g/mol. The summed E-state index contributed by atoms with van der Waals surface area (Å²) in [4.78, 5) is 25.9. The van der Waals surface area contributed by atoms with Crippen LogP contribution in [-0.4, -0.2) is 29.9 Å². The highest BCUT2D eigenvalue weighted by molar-refractivity contribution is 6.05. The lowest BCUT2D eigenvalue weighted by Crippen LogP contribution is -2.35. The van der Waals surface area contributed by atoms with E-state index in [1.165, 1.54) is 4.90 Å². The van der Waals surface area contributed by atoms with Crippen LogP contribution in [-0.2, 0) is 9.59 Å². The molecule has 2 N–H and O–H groups in total. The quantitative estimate of drug-likeness (QED) is 0.676. The Morgan fingerprint density at radius 3 is 2.52 bits per heavy atom. The fourth-order valence-electron chi connectivity index (χ4n) is 3.43. The van der Waals surface area contributed by atoms with E-state index in [4.69, 9.17) is 10.5 Å². The molecular formula is C16H20N2O3. The lowest BCUT2D eigenvalue weighted by molar-refractivity contribution is -0.140. The van der Waals surface area contributed by atoms with Crippen LogP contribution in [0.15, 0.2) is 24.3 Å². The fourth-order valence-corrected chi connectivity index (χ4v) is 3.43. The van der Waals surface area contributed by atoms with Gasteiger partial charge in [-0.2, -0.15) is 0 Å². The minimum atomic E-state index is -0.0973. The molecule has 2 atom stereocenters. The highest BCUT2D eigenvalue weighted by atomic mass is 16.5. The van der Waals surface area contributed by atoms with Gasteiger partial charge >= 0.3 is 0 Å². The van der Waals surface area contributed by atoms with Crippen LogP contribution >= 0.6 is 0 Å². The van der Waals surface area contributed by atoms with Gasteiger partial charge in [-0.1, -0.05) is 13.0 Å². The first-order chi connectivity index (χ1) is 10.1. The smallest absolute Gasteiger partial charge is 0.233 e. The Balaban J connectivity index is 1.57. The predicted molar refractivity (Wildman–Crippen MR) is 78.4 cm³/mol. The van der Waals surface area contributed by atoms with Gasteiger partial charge in [0.2, 0.25) is 11.8 Å². The molecule has 2 unspecified atom stereocenters. The Kier molecular flexibility index (Phi) is 3.57. The summed E-state index contributed by atoms with van der Waals surface area (Å²) in [6.45, 7) is 2.72. The maximum Gasteiger partial charge on any atom is 0.233 e. The van der Waals surface area contributed by atoms with Crippen LogP contribution < -0.4 is 10.5 Å². The van der Waals surface area contributed by atoms with Crippen LogP contribution in [0.5, 0.6) is 5.75 Å². The SMILES string of the molecule is CC1CC2C(=O)N(CCOc3cccc(N)c3)C(=O)C2C1. The molecule has 2 aliphatic rings. The molecule has 1 aromatic carbocycles. The number of rotatable bonds is 4. The summed E-state index contributed by atoms with van der Waals surface area (Å²) in [6, 6.07) is 7.12. The van der Waals surface area contributed by atoms with E-state index in [-0.39, 0.29) is 23.7 Å². The molecule has 2 fully saturated rings. The number of anilines is 1. The van der Waals surface area contributed by atoms with Crippen molar-refractivity contribution in [1.82, 2.24) is 4.90 Å². The number of imide groups is 1. The molecule has 1 aliphatic heterocycles. The van der Waals surface area contributed by atoms with E-state index in [0.717, 1.165) is 12.8 Å². The van der Waals surface area contributed by atoms with E-state index in [1.807, 2.05) is 6.07 Å². The Labute approximate surface area is 124 Å². The summed E-state index contributed by atoms with van der Waals surface area (Å²) in [5.74, 6) is 0.886. The van der Waals surface area contributed by atoms with Crippen molar-refractivity contribution >= 4 is 17.5 Å². The van der Waals surface area contributed by atoms with Crippen LogP contribution in [0, 0.1) is 17.8 Å². The third-order valence-electron chi connectivity index (χ3n) is 4.41. The number of carbonyl (C=O) groups is 2. The Morgan fingerprint density at radius 1 is 1.24 bits per heavy atom. The highest BCUT2D eigenvalue weighted by Gasteiger charge is 2.51. The number of benzene rings is 1. The molecule has 5 nitrogen and oxygen atoms in total. The zero-order chi connectivity index (χ0) is 15.0. The van der Waals surface area contributed by atoms with Crippen LogP contribution in [0.1, 0.15) is 19.8 Å². The van der Waals surface area contributed by atoms with Gasteiger partial charge in [-0.15, -0.1) is 0 Å². The first kappa shape index (κ1) is 13.9. The molecule has 0 radical (unpaired) electrons. The van der Waals surface area contributed by atoms with Gasteiger partial charge in [-0.05, 0) is 30.9 Å². The standard InChI is InChI=1S/C16H20N2O3/c1-10-7-13-14(8-10)16(20)18(15(13)19)5-6-21-12-4-2-3-11(17)9-12/h2-4,9-10,13-14H,5-8,17H2,1H3. The van der Waals surface area contributed by atoms with E-state index in [1.54, 1.807) is 18.2 Å². The zero-order valence-corrected chi connectivity index (χ0v) is 12.1. The molecule has 1 heterocycles. The lowest BCUT2D eigenvalue weighted by atomic mass is 10.00. The van der Waals surface area contributed by atoms with Gasteiger partial charge in [0.15, 0.2) is 0 Å². The Bertz CT molecular complexity index is 548. The zero-order valence-electron chi connectivity index (χ0n) is 12.1. The fraction of sp³-hybridized carbons (Fsp3) is 0.500. The molecular weight excluding hydrogens is 268 g/mol. The molecule has 1 saturated carbocycles. The molecule has 3 rings (SSSR count). The van der Waals surface area contributed by atoms with Gasteiger partial charge in [0, 0.05) is 11.8 Å². The largest absolute Gasteiger partial charge is 0.492 e. The van der Waals surface area contributed by atoms with Gasteiger partial charge in [-0.25, -0.2) is 0 Å². The van der Waals surface area contributed by atoms with Crippen molar-refractivity contribution < 1.29 is 14.3 Å². The summed E-state index contributed by atoms with van der Waals surface area (Å²) in [7, 11) is 0. The van der Waals surface area contributed by atoms with Crippen LogP contribution in [0.25, 0.3) is 0 Å². The van der Waals surface area contributed by atoms with E-state index in [9.17, 15) is 9.59 Å². The number of nitrogen functional groups attached to an aromatic ring is 1. The van der Waals surface area contributed by atoms with Crippen LogP contribution in [0.2, 0.25) is 0 Å². The van der Waals surface area contributed by atoms with Gasteiger partial charge in [-0.3, -0.25) is 14.5 Å². The highest BCUT2D eigenvalue weighted by Crippen LogP contribution is 2.42. The van der Waals surface area contributed by atoms with Crippen molar-refractivity contribution in [2.75, 3.05) is 18.9 Å². The van der Waals surface area contributed by atoms with E-state index >= 15 is 0 Å². The summed E-state index contributed by atoms with van der Waals surface area (Å²) >= 11 is 0. The van der Waals surface area contributed by atoms with Gasteiger partial charge in [0.1, 0.15) is 12.4 Å². The monoisotopic (exact) mass is 288 g/mol. The lowest BCUT2D eigenvalue weighted by Gasteiger charge is -2.17. The number of fused-ring (bicyclic) bond motifs is 1. The molecule has 2 amide bonds. The van der Waals surface area contributed by atoms with Crippen molar-refractivity contribution in [1.29, 1.82) is 0 Å². The summed E-state index contributed by atoms with van der Waals surface area (Å²) in [5, 5.41) is 0. The van der Waals surface area contributed by atoms with Gasteiger partial charge in [0.05, 0.1) is 18.4 Å². The number of amides is 2. The maximum atomic E-state index is 12.3. The molecule has 1 aliphatic carbocycles. The van der Waals surface area contributed by atoms with Gasteiger partial charge in [0.25, 0.3) is 0 Å².